The van der Waals surface area contributed by atoms with Crippen LogP contribution in [0.1, 0.15) is 0 Å². The van der Waals surface area contributed by atoms with E-state index in [4.69, 9.17) is 54.5 Å². The van der Waals surface area contributed by atoms with Gasteiger partial charge in [0.25, 0.3) is 0 Å². The molecule has 2 aromatic carbocycles. The Bertz CT molecular complexity index is 688. The predicted octanol–water partition coefficient (Wildman–Crippen LogP) is 5.03. The maximum Gasteiger partial charge on any atom is 1.00 e. The second-order valence-corrected chi connectivity index (χ2v) is 4.70. The molecule has 0 heterocycles. The zero-order valence-corrected chi connectivity index (χ0v) is 20.6. The molecule has 0 saturated carbocycles. The summed E-state index contributed by atoms with van der Waals surface area (Å²) in [5, 5.41) is 50.6. The van der Waals surface area contributed by atoms with E-state index in [2.05, 4.69) is 10.6 Å². The van der Waals surface area contributed by atoms with Gasteiger partial charge in [-0.3, -0.25) is 0 Å². The number of nitrogens with zero attached hydrogens (tertiary/aromatic N) is 2. The number of methoxy groups -OCH3 is 2. The van der Waals surface area contributed by atoms with Crippen LogP contribution in [0.15, 0.2) is 48.5 Å². The minimum Gasteiger partial charge on any atom is -0.699 e. The molecule has 0 unspecified atom stereocenters. The Balaban J connectivity index is -0.000000252. The van der Waals surface area contributed by atoms with E-state index in [0.29, 0.717) is 6.67 Å². The average Bonchev–Trinajstić information content (AvgIpc) is 2.68. The van der Waals surface area contributed by atoms with Crippen molar-refractivity contribution >= 4 is 29.8 Å². The first-order valence-corrected chi connectivity index (χ1v) is 7.90. The van der Waals surface area contributed by atoms with Crippen LogP contribution in [0.5, 0.6) is 11.5 Å². The van der Waals surface area contributed by atoms with E-state index in [1.54, 1.807) is 14.2 Å². The largest absolute Gasteiger partial charge is 1.00 e. The molecule has 33 heavy (non-hydrogen) atoms. The first-order chi connectivity index (χ1) is 14.5. The Labute approximate surface area is 214 Å². The molecule has 0 amide bonds. The number of benzene rings is 2. The summed E-state index contributed by atoms with van der Waals surface area (Å²) in [5.41, 5.74) is 1.77. The van der Waals surface area contributed by atoms with E-state index in [0.717, 1.165) is 22.9 Å². The first kappa shape index (κ1) is 37.0. The van der Waals surface area contributed by atoms with Gasteiger partial charge in [-0.15, -0.1) is 11.4 Å². The van der Waals surface area contributed by atoms with E-state index < -0.39 is 18.5 Å². The molecule has 0 aliphatic rings. The van der Waals surface area contributed by atoms with Gasteiger partial charge in [0.05, 0.1) is 14.2 Å². The van der Waals surface area contributed by atoms with Crippen molar-refractivity contribution in [2.75, 3.05) is 20.9 Å². The van der Waals surface area contributed by atoms with Crippen molar-refractivity contribution in [3.8, 4) is 11.5 Å². The fourth-order valence-electron chi connectivity index (χ4n) is 1.57. The summed E-state index contributed by atoms with van der Waals surface area (Å²) in [6.45, 7) is 0.401. The summed E-state index contributed by atoms with van der Waals surface area (Å²) in [6.07, 6.45) is -5.50. The van der Waals surface area contributed by atoms with Crippen LogP contribution >= 0.6 is 0 Å². The molecule has 15 heteroatoms. The molecule has 0 aliphatic carbocycles. The van der Waals surface area contributed by atoms with E-state index in [9.17, 15) is 0 Å². The molecule has 0 bridgehead atoms. The van der Waals surface area contributed by atoms with Crippen LogP contribution in [0.2, 0.25) is 0 Å². The van der Waals surface area contributed by atoms with Crippen LogP contribution in [0, 0.1) is 0 Å². The molecular formula is C18H22N2O11Ru2. The van der Waals surface area contributed by atoms with Gasteiger partial charge in [0, 0.05) is 0 Å². The van der Waals surface area contributed by atoms with Gasteiger partial charge in [0.2, 0.25) is 0 Å². The minimum absolute atomic E-state index is 0. The van der Waals surface area contributed by atoms with E-state index in [1.807, 2.05) is 48.5 Å². The molecule has 0 atom stereocenters. The summed E-state index contributed by atoms with van der Waals surface area (Å²) in [7, 11) is 3.29. The molecule has 2 aromatic rings. The quantitative estimate of drug-likeness (QED) is 0.229. The number of rotatable bonds is 6. The zero-order valence-electron chi connectivity index (χ0n) is 17.2. The number of hydrogen-bond donors (Lipinski definition) is 6. The van der Waals surface area contributed by atoms with Crippen molar-refractivity contribution in [1.82, 2.24) is 0 Å². The van der Waals surface area contributed by atoms with Crippen molar-refractivity contribution in [1.29, 1.82) is 0 Å². The maximum atomic E-state index is 8.56. The van der Waals surface area contributed by atoms with E-state index >= 15 is 0 Å². The Kier molecular flexibility index (Phi) is 26.2. The summed E-state index contributed by atoms with van der Waals surface area (Å²) >= 11 is 0. The zero-order chi connectivity index (χ0) is 24.2. The van der Waals surface area contributed by atoms with Gasteiger partial charge in [-0.2, -0.15) is 0 Å². The Morgan fingerprint density at radius 2 is 0.818 bits per heavy atom. The number of carbonyl (C=O) groups is 3. The number of ether oxygens (including phenoxy) is 2. The third-order valence-corrected chi connectivity index (χ3v) is 2.65. The number of hydrogen-bond acceptors (Lipinski definition) is 5. The Hall–Kier alpha value is -3.30. The molecule has 0 saturated heterocycles. The van der Waals surface area contributed by atoms with Crippen LogP contribution in [-0.2, 0) is 39.0 Å². The van der Waals surface area contributed by atoms with E-state index in [-0.39, 0.29) is 39.0 Å². The van der Waals surface area contributed by atoms with Crippen LogP contribution < -0.4 is 9.47 Å². The fourth-order valence-corrected chi connectivity index (χ4v) is 1.57. The maximum absolute atomic E-state index is 8.56. The van der Waals surface area contributed by atoms with Crippen molar-refractivity contribution in [2.45, 2.75) is 0 Å². The van der Waals surface area contributed by atoms with Crippen molar-refractivity contribution in [3.63, 3.8) is 0 Å². The van der Waals surface area contributed by atoms with Crippen molar-refractivity contribution < 1.29 is 93.5 Å². The van der Waals surface area contributed by atoms with Gasteiger partial charge < -0.3 is 50.7 Å². The first-order valence-electron chi connectivity index (χ1n) is 7.90. The summed E-state index contributed by atoms with van der Waals surface area (Å²) < 4.78 is 10.2. The van der Waals surface area contributed by atoms with Gasteiger partial charge in [0.1, 0.15) is 11.5 Å². The van der Waals surface area contributed by atoms with Crippen LogP contribution in [0.3, 0.4) is 0 Å². The summed E-state index contributed by atoms with van der Waals surface area (Å²) in [4.78, 5) is 25.7. The van der Waals surface area contributed by atoms with Crippen LogP contribution in [-0.4, -0.2) is 70.0 Å². The molecule has 2 rings (SSSR count). The second kappa shape index (κ2) is 23.4. The third kappa shape index (κ3) is 28.7. The second-order valence-electron chi connectivity index (χ2n) is 4.70. The molecule has 0 fully saturated rings. The molecule has 2 radical (unpaired) electrons. The topological polar surface area (TPSA) is 219 Å². The van der Waals surface area contributed by atoms with Crippen LogP contribution in [0.25, 0.3) is 10.6 Å². The van der Waals surface area contributed by atoms with Crippen molar-refractivity contribution in [3.05, 3.63) is 59.2 Å². The summed E-state index contributed by atoms with van der Waals surface area (Å²) in [5.74, 6) is 1.65. The monoisotopic (exact) mass is 646 g/mol. The molecule has 0 aliphatic heterocycles. The summed E-state index contributed by atoms with van der Waals surface area (Å²) in [6, 6.07) is 15.1. The Morgan fingerprint density at radius 1 is 0.606 bits per heavy atom. The standard InChI is InChI=1S/C15H16N2O2.3CH2O3.2Ru/c1-18-14-7-3-12(4-8-14)16-11-17-13-5-9-15(19-2)10-6-13;3*2-1(3)4;;/h3-10H,11H2,1-2H3;3*(H2,2,3,4);;/q-2;;;;2*+1. The van der Waals surface area contributed by atoms with E-state index in [1.165, 1.54) is 0 Å². The third-order valence-electron chi connectivity index (χ3n) is 2.65. The smallest absolute Gasteiger partial charge is 0.699 e. The normalized spacial score (nSPS) is 7.82. The number of carboxylic acid groups (broad SMARTS) is 6. The molecule has 6 N–H and O–H groups in total. The van der Waals surface area contributed by atoms with Gasteiger partial charge in [-0.1, -0.05) is 24.3 Å². The molecule has 186 valence electrons. The van der Waals surface area contributed by atoms with Gasteiger partial charge >= 0.3 is 57.4 Å². The molecular weight excluding hydrogens is 622 g/mol. The van der Waals surface area contributed by atoms with Gasteiger partial charge in [-0.25, -0.2) is 21.1 Å². The molecule has 13 nitrogen and oxygen atoms in total. The van der Waals surface area contributed by atoms with Gasteiger partial charge in [0.15, 0.2) is 0 Å². The van der Waals surface area contributed by atoms with Gasteiger partial charge in [-0.05, 0) is 24.3 Å². The molecule has 0 spiro atoms. The minimum atomic E-state index is -1.83. The molecule has 0 aromatic heterocycles. The Morgan fingerprint density at radius 3 is 1.00 bits per heavy atom. The fraction of sp³-hybridized carbons (Fsp3) is 0.167. The van der Waals surface area contributed by atoms with Crippen LogP contribution in [0.4, 0.5) is 25.8 Å². The van der Waals surface area contributed by atoms with Crippen molar-refractivity contribution in [2.24, 2.45) is 0 Å². The predicted molar refractivity (Wildman–Crippen MR) is 109 cm³/mol. The SMILES string of the molecule is COc1ccc([N-]C[N-]c2ccc(OC)cc2)cc1.O=C(O)O.O=C(O)O.O=C(O)O.[Ru+].[Ru+]. The average molecular weight is 645 g/mol.